The summed E-state index contributed by atoms with van der Waals surface area (Å²) >= 11 is 0. The SMILES string of the molecule is CC(C)C(C)C1CCc2nccnc2C1. The largest absolute Gasteiger partial charge is 0.258 e. The first-order valence-corrected chi connectivity index (χ1v) is 5.97. The smallest absolute Gasteiger partial charge is 0.0621 e. The Bertz CT molecular complexity index is 333. The summed E-state index contributed by atoms with van der Waals surface area (Å²) in [5.41, 5.74) is 2.46. The van der Waals surface area contributed by atoms with Gasteiger partial charge in [0.25, 0.3) is 0 Å². The van der Waals surface area contributed by atoms with Crippen LogP contribution in [0.1, 0.15) is 38.6 Å². The van der Waals surface area contributed by atoms with Crippen LogP contribution in [0.4, 0.5) is 0 Å². The zero-order valence-corrected chi connectivity index (χ0v) is 9.90. The minimum Gasteiger partial charge on any atom is -0.258 e. The van der Waals surface area contributed by atoms with Crippen molar-refractivity contribution in [1.82, 2.24) is 9.97 Å². The maximum absolute atomic E-state index is 4.45. The summed E-state index contributed by atoms with van der Waals surface area (Å²) in [5.74, 6) is 2.36. The van der Waals surface area contributed by atoms with Gasteiger partial charge in [0.15, 0.2) is 0 Å². The molecule has 2 atom stereocenters. The Morgan fingerprint density at radius 1 is 1.13 bits per heavy atom. The molecule has 0 spiro atoms. The summed E-state index contributed by atoms with van der Waals surface area (Å²) in [6.07, 6.45) is 7.16. The zero-order chi connectivity index (χ0) is 10.8. The molecule has 0 N–H and O–H groups in total. The molecule has 2 nitrogen and oxygen atoms in total. The van der Waals surface area contributed by atoms with E-state index in [0.29, 0.717) is 0 Å². The van der Waals surface area contributed by atoms with E-state index in [-0.39, 0.29) is 0 Å². The van der Waals surface area contributed by atoms with Crippen molar-refractivity contribution in [2.75, 3.05) is 0 Å². The van der Waals surface area contributed by atoms with Gasteiger partial charge in [-0.3, -0.25) is 9.97 Å². The van der Waals surface area contributed by atoms with Gasteiger partial charge in [-0.2, -0.15) is 0 Å². The Hall–Kier alpha value is -0.920. The minimum absolute atomic E-state index is 0.772. The normalized spacial score (nSPS) is 22.5. The van der Waals surface area contributed by atoms with Crippen molar-refractivity contribution in [1.29, 1.82) is 0 Å². The minimum atomic E-state index is 0.772. The van der Waals surface area contributed by atoms with E-state index in [4.69, 9.17) is 0 Å². The van der Waals surface area contributed by atoms with Crippen molar-refractivity contribution < 1.29 is 0 Å². The lowest BCUT2D eigenvalue weighted by Gasteiger charge is -2.30. The molecule has 0 bridgehead atoms. The molecule has 0 saturated carbocycles. The molecule has 1 aromatic heterocycles. The summed E-state index contributed by atoms with van der Waals surface area (Å²) in [6, 6.07) is 0. The van der Waals surface area contributed by atoms with Crippen molar-refractivity contribution in [3.8, 4) is 0 Å². The molecule has 0 aliphatic heterocycles. The highest BCUT2D eigenvalue weighted by molar-refractivity contribution is 5.15. The first-order valence-electron chi connectivity index (χ1n) is 5.97. The van der Waals surface area contributed by atoms with E-state index >= 15 is 0 Å². The number of rotatable bonds is 2. The summed E-state index contributed by atoms with van der Waals surface area (Å²) in [4.78, 5) is 8.84. The number of aromatic nitrogens is 2. The van der Waals surface area contributed by atoms with Gasteiger partial charge in [-0.25, -0.2) is 0 Å². The molecule has 0 saturated heterocycles. The molecule has 0 fully saturated rings. The van der Waals surface area contributed by atoms with Gasteiger partial charge < -0.3 is 0 Å². The Morgan fingerprint density at radius 2 is 1.80 bits per heavy atom. The Kier molecular flexibility index (Phi) is 3.03. The quantitative estimate of drug-likeness (QED) is 0.740. The number of nitrogens with zero attached hydrogens (tertiary/aromatic N) is 2. The van der Waals surface area contributed by atoms with E-state index in [1.54, 1.807) is 0 Å². The fourth-order valence-corrected chi connectivity index (χ4v) is 2.44. The van der Waals surface area contributed by atoms with Crippen LogP contribution < -0.4 is 0 Å². The van der Waals surface area contributed by atoms with Crippen LogP contribution in [0.5, 0.6) is 0 Å². The second-order valence-corrected chi connectivity index (χ2v) is 5.06. The molecule has 1 aliphatic carbocycles. The molecule has 2 heteroatoms. The van der Waals surface area contributed by atoms with Gasteiger partial charge in [-0.1, -0.05) is 20.8 Å². The average molecular weight is 204 g/mol. The molecule has 0 aromatic carbocycles. The number of fused-ring (bicyclic) bond motifs is 1. The predicted molar refractivity (Wildman–Crippen MR) is 61.5 cm³/mol. The van der Waals surface area contributed by atoms with Crippen LogP contribution in [0.2, 0.25) is 0 Å². The predicted octanol–water partition coefficient (Wildman–Crippen LogP) is 2.87. The third kappa shape index (κ3) is 2.19. The number of hydrogen-bond acceptors (Lipinski definition) is 2. The van der Waals surface area contributed by atoms with Gasteiger partial charge in [-0.15, -0.1) is 0 Å². The molecule has 0 radical (unpaired) electrons. The number of hydrogen-bond donors (Lipinski definition) is 0. The van der Waals surface area contributed by atoms with E-state index in [1.165, 1.54) is 17.8 Å². The Balaban J connectivity index is 2.12. The van der Waals surface area contributed by atoms with E-state index in [0.717, 1.165) is 30.6 Å². The molecule has 82 valence electrons. The third-order valence-electron chi connectivity index (χ3n) is 3.86. The summed E-state index contributed by atoms with van der Waals surface area (Å²) in [6.45, 7) is 7.00. The molecule has 1 heterocycles. The van der Waals surface area contributed by atoms with Crippen molar-refractivity contribution in [3.05, 3.63) is 23.8 Å². The van der Waals surface area contributed by atoms with Crippen LogP contribution in [0.15, 0.2) is 12.4 Å². The summed E-state index contributed by atoms with van der Waals surface area (Å²) in [5, 5.41) is 0. The highest BCUT2D eigenvalue weighted by Gasteiger charge is 2.26. The third-order valence-corrected chi connectivity index (χ3v) is 3.86. The van der Waals surface area contributed by atoms with Crippen molar-refractivity contribution in [2.45, 2.75) is 40.0 Å². The second-order valence-electron chi connectivity index (χ2n) is 5.06. The molecule has 15 heavy (non-hydrogen) atoms. The van der Waals surface area contributed by atoms with E-state index in [2.05, 4.69) is 30.7 Å². The fraction of sp³-hybridized carbons (Fsp3) is 0.692. The molecular weight excluding hydrogens is 184 g/mol. The van der Waals surface area contributed by atoms with Gasteiger partial charge in [0, 0.05) is 12.4 Å². The van der Waals surface area contributed by atoms with E-state index < -0.39 is 0 Å². The standard InChI is InChI=1S/C13H20N2/c1-9(2)10(3)11-4-5-12-13(8-11)15-7-6-14-12/h6-7,9-11H,4-5,8H2,1-3H3. The van der Waals surface area contributed by atoms with Crippen molar-refractivity contribution in [2.24, 2.45) is 17.8 Å². The van der Waals surface area contributed by atoms with Crippen LogP contribution in [0.3, 0.4) is 0 Å². The van der Waals surface area contributed by atoms with Gasteiger partial charge in [-0.05, 0) is 37.0 Å². The van der Waals surface area contributed by atoms with E-state index in [1.807, 2.05) is 12.4 Å². The fourth-order valence-electron chi connectivity index (χ4n) is 2.44. The monoisotopic (exact) mass is 204 g/mol. The molecule has 2 unspecified atom stereocenters. The summed E-state index contributed by atoms with van der Waals surface area (Å²) < 4.78 is 0. The first kappa shape index (κ1) is 10.6. The molecule has 1 aliphatic rings. The second kappa shape index (κ2) is 4.30. The van der Waals surface area contributed by atoms with Crippen LogP contribution in [-0.2, 0) is 12.8 Å². The highest BCUT2D eigenvalue weighted by Crippen LogP contribution is 2.31. The van der Waals surface area contributed by atoms with Crippen molar-refractivity contribution >= 4 is 0 Å². The van der Waals surface area contributed by atoms with Gasteiger partial charge in [0.1, 0.15) is 0 Å². The maximum Gasteiger partial charge on any atom is 0.0621 e. The summed E-state index contributed by atoms with van der Waals surface area (Å²) in [7, 11) is 0. The van der Waals surface area contributed by atoms with Crippen LogP contribution in [0.25, 0.3) is 0 Å². The Morgan fingerprint density at radius 3 is 2.47 bits per heavy atom. The topological polar surface area (TPSA) is 25.8 Å². The lowest BCUT2D eigenvalue weighted by Crippen LogP contribution is -2.25. The van der Waals surface area contributed by atoms with E-state index in [9.17, 15) is 0 Å². The van der Waals surface area contributed by atoms with Gasteiger partial charge >= 0.3 is 0 Å². The highest BCUT2D eigenvalue weighted by atomic mass is 14.8. The first-order chi connectivity index (χ1) is 7.18. The van der Waals surface area contributed by atoms with Crippen LogP contribution in [0, 0.1) is 17.8 Å². The average Bonchev–Trinajstić information content (AvgIpc) is 2.27. The lowest BCUT2D eigenvalue weighted by atomic mass is 9.76. The van der Waals surface area contributed by atoms with Gasteiger partial charge in [0.05, 0.1) is 11.4 Å². The molecule has 0 amide bonds. The molecular formula is C13H20N2. The van der Waals surface area contributed by atoms with Gasteiger partial charge in [0.2, 0.25) is 0 Å². The lowest BCUT2D eigenvalue weighted by molar-refractivity contribution is 0.248. The zero-order valence-electron chi connectivity index (χ0n) is 9.90. The van der Waals surface area contributed by atoms with Crippen LogP contribution in [-0.4, -0.2) is 9.97 Å². The molecule has 2 rings (SSSR count). The maximum atomic E-state index is 4.45. The number of aryl methyl sites for hydroxylation is 1. The van der Waals surface area contributed by atoms with Crippen LogP contribution >= 0.6 is 0 Å². The van der Waals surface area contributed by atoms with Crippen molar-refractivity contribution in [3.63, 3.8) is 0 Å². The molecule has 1 aromatic rings. The Labute approximate surface area is 92.1 Å².